The van der Waals surface area contributed by atoms with Crippen LogP contribution in [0.1, 0.15) is 57.3 Å². The molecule has 0 unspecified atom stereocenters. The Kier molecular flexibility index (Phi) is 8.84. The summed E-state index contributed by atoms with van der Waals surface area (Å²) in [7, 11) is 1.49. The summed E-state index contributed by atoms with van der Waals surface area (Å²) in [6.07, 6.45) is 1.86. The van der Waals surface area contributed by atoms with Gasteiger partial charge in [-0.25, -0.2) is 9.80 Å². The van der Waals surface area contributed by atoms with Gasteiger partial charge in [-0.15, -0.1) is 0 Å². The number of carbonyl (C=O) groups is 5. The fourth-order valence-corrected chi connectivity index (χ4v) is 5.77. The second-order valence-electron chi connectivity index (χ2n) is 10.7. The van der Waals surface area contributed by atoms with Crippen molar-refractivity contribution < 1.29 is 33.4 Å². The fraction of sp³-hybridized carbons (Fsp3) is 0.281. The second-order valence-corrected chi connectivity index (χ2v) is 11.5. The Morgan fingerprint density at radius 3 is 2.23 bits per heavy atom. The lowest BCUT2D eigenvalue weighted by molar-refractivity contribution is -0.154. The summed E-state index contributed by atoms with van der Waals surface area (Å²) < 4.78 is 10.5. The number of rotatable bonds is 8. The molecule has 3 aromatic rings. The molecule has 2 aliphatic rings. The van der Waals surface area contributed by atoms with E-state index in [4.69, 9.17) is 32.7 Å². The molecule has 0 aromatic heterocycles. The number of Topliss-reactive ketones (excluding diaryl/α,β-unsaturated/α-hetero) is 1. The number of imide groups is 1. The van der Waals surface area contributed by atoms with E-state index in [-0.39, 0.29) is 38.4 Å². The van der Waals surface area contributed by atoms with Crippen LogP contribution in [-0.2, 0) is 9.59 Å². The van der Waals surface area contributed by atoms with Crippen LogP contribution in [0, 0.1) is 17.8 Å². The Labute approximate surface area is 258 Å². The smallest absolute Gasteiger partial charge is 0.343 e. The van der Waals surface area contributed by atoms with E-state index in [1.807, 2.05) is 6.92 Å². The molecule has 3 amide bonds. The third-order valence-electron chi connectivity index (χ3n) is 7.79. The Morgan fingerprint density at radius 1 is 0.837 bits per heavy atom. The molecule has 2 fully saturated rings. The largest absolute Gasteiger partial charge is 0.497 e. The van der Waals surface area contributed by atoms with Gasteiger partial charge in [-0.1, -0.05) is 36.2 Å². The first-order valence-electron chi connectivity index (χ1n) is 13.7. The molecule has 11 heteroatoms. The van der Waals surface area contributed by atoms with Gasteiger partial charge in [0.1, 0.15) is 18.0 Å². The Morgan fingerprint density at radius 2 is 1.53 bits per heavy atom. The van der Waals surface area contributed by atoms with Crippen LogP contribution >= 0.6 is 23.2 Å². The van der Waals surface area contributed by atoms with Crippen LogP contribution in [0.2, 0.25) is 10.0 Å². The number of fused-ring (bicyclic) bond motifs is 1. The Bertz CT molecular complexity index is 1610. The highest BCUT2D eigenvalue weighted by Gasteiger charge is 2.52. The molecular formula is C32H28Cl2N2O7. The van der Waals surface area contributed by atoms with Crippen LogP contribution in [0.4, 0.5) is 0 Å². The highest BCUT2D eigenvalue weighted by atomic mass is 35.5. The van der Waals surface area contributed by atoms with Gasteiger partial charge in [-0.2, -0.15) is 5.01 Å². The lowest BCUT2D eigenvalue weighted by atomic mass is 9.76. The van der Waals surface area contributed by atoms with Crippen molar-refractivity contribution in [2.24, 2.45) is 17.8 Å². The quantitative estimate of drug-likeness (QED) is 0.133. The van der Waals surface area contributed by atoms with E-state index in [0.717, 1.165) is 16.4 Å². The maximum Gasteiger partial charge on any atom is 0.343 e. The molecule has 0 spiro atoms. The molecule has 1 heterocycles. The van der Waals surface area contributed by atoms with E-state index < -0.39 is 47.9 Å². The monoisotopic (exact) mass is 622 g/mol. The van der Waals surface area contributed by atoms with E-state index in [0.29, 0.717) is 18.6 Å². The van der Waals surface area contributed by atoms with E-state index in [9.17, 15) is 24.0 Å². The van der Waals surface area contributed by atoms with Gasteiger partial charge in [0.05, 0.1) is 34.6 Å². The summed E-state index contributed by atoms with van der Waals surface area (Å²) in [6.45, 7) is 1.44. The van der Waals surface area contributed by atoms with Crippen LogP contribution in [0.5, 0.6) is 11.5 Å². The Balaban J connectivity index is 1.38. The lowest BCUT2D eigenvalue weighted by Crippen LogP contribution is -2.52. The molecule has 1 saturated heterocycles. The van der Waals surface area contributed by atoms with Gasteiger partial charge in [0, 0.05) is 11.1 Å². The summed E-state index contributed by atoms with van der Waals surface area (Å²) in [5.41, 5.74) is 0.523. The number of hydrazine groups is 1. The first-order chi connectivity index (χ1) is 20.6. The van der Waals surface area contributed by atoms with Gasteiger partial charge in [-0.05, 0) is 85.8 Å². The van der Waals surface area contributed by atoms with Crippen molar-refractivity contribution >= 4 is 52.7 Å². The summed E-state index contributed by atoms with van der Waals surface area (Å²) >= 11 is 12.2. The van der Waals surface area contributed by atoms with Crippen molar-refractivity contribution in [2.45, 2.75) is 26.2 Å². The number of methoxy groups -OCH3 is 1. The third-order valence-corrected chi connectivity index (χ3v) is 8.53. The molecule has 0 radical (unpaired) electrons. The van der Waals surface area contributed by atoms with E-state index in [1.165, 1.54) is 55.6 Å². The highest BCUT2D eigenvalue weighted by molar-refractivity contribution is 6.42. The zero-order chi connectivity index (χ0) is 30.8. The number of ether oxygens (including phenoxy) is 2. The van der Waals surface area contributed by atoms with Crippen LogP contribution < -0.4 is 9.47 Å². The molecule has 1 saturated carbocycles. The van der Waals surface area contributed by atoms with Gasteiger partial charge in [-0.3, -0.25) is 19.2 Å². The van der Waals surface area contributed by atoms with Crippen molar-refractivity contribution in [2.75, 3.05) is 13.7 Å². The normalized spacial score (nSPS) is 19.5. The predicted octanol–water partition coefficient (Wildman–Crippen LogP) is 5.88. The topological polar surface area (TPSA) is 110 Å². The molecule has 1 aliphatic carbocycles. The summed E-state index contributed by atoms with van der Waals surface area (Å²) in [6, 6.07) is 16.4. The summed E-state index contributed by atoms with van der Waals surface area (Å²) in [5.74, 6) is -3.03. The fourth-order valence-electron chi connectivity index (χ4n) is 5.47. The van der Waals surface area contributed by atoms with Gasteiger partial charge >= 0.3 is 5.97 Å². The van der Waals surface area contributed by atoms with E-state index in [1.54, 1.807) is 18.2 Å². The van der Waals surface area contributed by atoms with Crippen molar-refractivity contribution in [3.63, 3.8) is 0 Å². The molecule has 5 rings (SSSR count). The minimum atomic E-state index is -0.746. The minimum absolute atomic E-state index is 0.0610. The lowest BCUT2D eigenvalue weighted by Gasteiger charge is -2.30. The van der Waals surface area contributed by atoms with Crippen molar-refractivity contribution in [3.05, 3.63) is 93.5 Å². The van der Waals surface area contributed by atoms with E-state index in [2.05, 4.69) is 0 Å². The van der Waals surface area contributed by atoms with Crippen LogP contribution in [0.3, 0.4) is 0 Å². The first-order valence-corrected chi connectivity index (χ1v) is 14.5. The summed E-state index contributed by atoms with van der Waals surface area (Å²) in [5, 5.41) is 2.06. The van der Waals surface area contributed by atoms with Crippen molar-refractivity contribution in [3.8, 4) is 11.5 Å². The third kappa shape index (κ3) is 6.28. The zero-order valence-corrected chi connectivity index (χ0v) is 24.9. The second kappa shape index (κ2) is 12.6. The van der Waals surface area contributed by atoms with Crippen LogP contribution in [0.25, 0.3) is 0 Å². The molecule has 9 nitrogen and oxygen atoms in total. The van der Waals surface area contributed by atoms with Crippen molar-refractivity contribution in [1.82, 2.24) is 10.0 Å². The molecule has 1 aliphatic heterocycles. The molecular weight excluding hydrogens is 595 g/mol. The average molecular weight is 623 g/mol. The molecule has 0 bridgehead atoms. The Hall–Kier alpha value is -4.21. The number of halogens is 2. The maximum atomic E-state index is 13.7. The first kappa shape index (κ1) is 30.3. The maximum absolute atomic E-state index is 13.7. The minimum Gasteiger partial charge on any atom is -0.497 e. The zero-order valence-electron chi connectivity index (χ0n) is 23.4. The number of benzene rings is 3. The van der Waals surface area contributed by atoms with Gasteiger partial charge in [0.25, 0.3) is 17.7 Å². The number of carbonyl (C=O) groups excluding carboxylic acids is 5. The SMILES string of the molecule is COc1cccc(C(=O)Oc2ccc(C(=O)CN(C(=O)c3ccc(Cl)c(Cl)c3)N3C(=O)[C@@H]4CC[C@H](C)C[C@H]4C3=O)cc2)c1. The molecule has 222 valence electrons. The summed E-state index contributed by atoms with van der Waals surface area (Å²) in [4.78, 5) is 66.7. The van der Waals surface area contributed by atoms with E-state index >= 15 is 0 Å². The van der Waals surface area contributed by atoms with Gasteiger partial charge in [0.2, 0.25) is 0 Å². The number of nitrogens with zero attached hydrogens (tertiary/aromatic N) is 2. The van der Waals surface area contributed by atoms with Crippen molar-refractivity contribution in [1.29, 1.82) is 0 Å². The predicted molar refractivity (Wildman–Crippen MR) is 158 cm³/mol. The number of amides is 3. The number of ketones is 1. The molecule has 3 aromatic carbocycles. The molecule has 43 heavy (non-hydrogen) atoms. The average Bonchev–Trinajstić information content (AvgIpc) is 3.25. The molecule has 0 N–H and O–H groups in total. The van der Waals surface area contributed by atoms with Crippen LogP contribution in [0.15, 0.2) is 66.7 Å². The van der Waals surface area contributed by atoms with Crippen LogP contribution in [-0.4, -0.2) is 53.1 Å². The molecule has 3 atom stereocenters. The van der Waals surface area contributed by atoms with Gasteiger partial charge < -0.3 is 9.47 Å². The standard InChI is InChI=1S/C32H28Cl2N2O7/c1-18-6-12-24-25(14-18)31(40)36(30(24)39)35(29(38)20-9-13-26(33)27(34)16-20)17-28(37)19-7-10-22(11-8-19)43-32(41)21-4-3-5-23(15-21)42-2/h3-5,7-11,13,15-16,18,24-25H,6,12,14,17H2,1-2H3/t18-,24+,25+/m0/s1. The number of esters is 1. The number of hydrogen-bond acceptors (Lipinski definition) is 7. The number of hydrogen-bond donors (Lipinski definition) is 0. The highest BCUT2D eigenvalue weighted by Crippen LogP contribution is 2.41. The van der Waals surface area contributed by atoms with Gasteiger partial charge in [0.15, 0.2) is 5.78 Å².